The minimum absolute atomic E-state index is 0.0729. The number of cyclic esters (lactones) is 1. The molecule has 0 bridgehead atoms. The molecule has 1 aliphatic rings. The zero-order valence-corrected chi connectivity index (χ0v) is 30.3. The number of methoxy groups -OCH3 is 3. The number of fused-ring (bicyclic) bond motifs is 2. The quantitative estimate of drug-likeness (QED) is 0.172. The monoisotopic (exact) mass is 727 g/mol. The van der Waals surface area contributed by atoms with E-state index in [1.165, 1.54) is 38.3 Å². The highest BCUT2D eigenvalue weighted by Crippen LogP contribution is 2.47. The number of hydrogen-bond donors (Lipinski definition) is 3. The minimum atomic E-state index is -1.05. The molecule has 2 unspecified atom stereocenters. The van der Waals surface area contributed by atoms with E-state index >= 15 is 0 Å². The maximum atomic E-state index is 13.8. The van der Waals surface area contributed by atoms with E-state index in [-0.39, 0.29) is 64.8 Å². The Kier molecular flexibility index (Phi) is 12.7. The molecular weight excluding hydrogens is 682 g/mol. The Labute approximate surface area is 307 Å². The van der Waals surface area contributed by atoms with Crippen LogP contribution in [0.15, 0.2) is 59.7 Å². The summed E-state index contributed by atoms with van der Waals surface area (Å²) in [5, 5.41) is 26.8. The first kappa shape index (κ1) is 38.4. The number of amides is 1. The van der Waals surface area contributed by atoms with Crippen LogP contribution >= 0.6 is 0 Å². The number of aromatic nitrogens is 2. The lowest BCUT2D eigenvalue weighted by atomic mass is 9.84. The van der Waals surface area contributed by atoms with Crippen molar-refractivity contribution in [3.63, 3.8) is 0 Å². The van der Waals surface area contributed by atoms with Gasteiger partial charge in [0.1, 0.15) is 22.8 Å². The molecule has 1 aliphatic heterocycles. The van der Waals surface area contributed by atoms with Gasteiger partial charge in [-0.1, -0.05) is 24.3 Å². The first-order valence-electron chi connectivity index (χ1n) is 17.5. The van der Waals surface area contributed by atoms with Crippen LogP contribution in [0.5, 0.6) is 28.7 Å². The van der Waals surface area contributed by atoms with Crippen molar-refractivity contribution < 1.29 is 43.5 Å². The fraction of sp³-hybridized carbons (Fsp3) is 0.375. The number of rotatable bonds is 10. The summed E-state index contributed by atoms with van der Waals surface area (Å²) >= 11 is 0. The molecule has 53 heavy (non-hydrogen) atoms. The van der Waals surface area contributed by atoms with Crippen LogP contribution in [0.1, 0.15) is 84.8 Å². The van der Waals surface area contributed by atoms with Crippen molar-refractivity contribution in [1.29, 1.82) is 0 Å². The molecule has 280 valence electrons. The molecule has 0 fully saturated rings. The number of para-hydroxylation sites is 1. The number of allylic oxidation sites excluding steroid dienone is 1. The number of Topliss-reactive ketones (excluding diaryl/α,β-unsaturated/α-hetero) is 1. The van der Waals surface area contributed by atoms with Crippen LogP contribution in [0.25, 0.3) is 17.0 Å². The Morgan fingerprint density at radius 2 is 1.74 bits per heavy atom. The van der Waals surface area contributed by atoms with Gasteiger partial charge in [-0.2, -0.15) is 0 Å². The Hall–Kier alpha value is -5.85. The van der Waals surface area contributed by atoms with Crippen molar-refractivity contribution in [3.8, 4) is 28.7 Å². The standard InChI is InChI=1S/C40H45N3O10/c1-24-11-10-14-27(44)13-7-5-6-12-25-19-31(45)36(37(47)35(25)40(49)53-24)29(26-20-32(50-2)38(52-4)33(21-26)51-3)22-34(46)41-17-18-43-23-42-30-16-9-8-15-28(30)39(43)48/h6,8-9,12,15-16,19-21,23-24,29,45,47H,5,7,10-11,13-14,17-18,22H2,1-4H3,(H,41,46). The molecule has 3 aromatic carbocycles. The lowest BCUT2D eigenvalue weighted by molar-refractivity contribution is -0.121. The number of phenols is 2. The first-order valence-corrected chi connectivity index (χ1v) is 17.5. The van der Waals surface area contributed by atoms with Crippen molar-refractivity contribution in [3.05, 3.63) is 87.5 Å². The molecule has 0 aliphatic carbocycles. The number of carbonyl (C=O) groups excluding carboxylic acids is 3. The molecule has 2 atom stereocenters. The number of benzene rings is 3. The molecule has 3 N–H and O–H groups in total. The summed E-state index contributed by atoms with van der Waals surface area (Å²) in [6.45, 7) is 1.92. The summed E-state index contributed by atoms with van der Waals surface area (Å²) in [7, 11) is 4.32. The third kappa shape index (κ3) is 8.97. The number of nitrogens with zero attached hydrogens (tertiary/aromatic N) is 2. The molecule has 1 aromatic heterocycles. The number of ketones is 1. The second-order valence-corrected chi connectivity index (χ2v) is 12.9. The molecular formula is C40H45N3O10. The summed E-state index contributed by atoms with van der Waals surface area (Å²) in [5.41, 5.74) is 0.673. The summed E-state index contributed by atoms with van der Waals surface area (Å²) in [4.78, 5) is 57.0. The van der Waals surface area contributed by atoms with Crippen LogP contribution in [0.3, 0.4) is 0 Å². The van der Waals surface area contributed by atoms with E-state index in [0.717, 1.165) is 0 Å². The van der Waals surface area contributed by atoms with Crippen molar-refractivity contribution >= 4 is 34.6 Å². The highest BCUT2D eigenvalue weighted by Gasteiger charge is 2.32. The van der Waals surface area contributed by atoms with Gasteiger partial charge in [-0.05, 0) is 74.1 Å². The van der Waals surface area contributed by atoms with Gasteiger partial charge < -0.3 is 34.5 Å². The van der Waals surface area contributed by atoms with Crippen molar-refractivity contribution in [2.24, 2.45) is 0 Å². The Morgan fingerprint density at radius 3 is 2.45 bits per heavy atom. The zero-order valence-electron chi connectivity index (χ0n) is 30.3. The van der Waals surface area contributed by atoms with E-state index in [1.54, 1.807) is 55.5 Å². The number of carbonyl (C=O) groups is 3. The van der Waals surface area contributed by atoms with Crippen molar-refractivity contribution in [1.82, 2.24) is 14.9 Å². The first-order chi connectivity index (χ1) is 25.6. The van der Waals surface area contributed by atoms with Gasteiger partial charge in [-0.15, -0.1) is 0 Å². The summed E-state index contributed by atoms with van der Waals surface area (Å²) in [6.07, 6.45) is 6.90. The highest BCUT2D eigenvalue weighted by atomic mass is 16.5. The Bertz CT molecular complexity index is 2050. The molecule has 0 saturated carbocycles. The van der Waals surface area contributed by atoms with Gasteiger partial charge in [0.2, 0.25) is 11.7 Å². The van der Waals surface area contributed by atoms with Gasteiger partial charge in [-0.25, -0.2) is 9.78 Å². The molecule has 1 amide bonds. The van der Waals surface area contributed by atoms with Gasteiger partial charge in [0, 0.05) is 43.8 Å². The molecule has 0 spiro atoms. The summed E-state index contributed by atoms with van der Waals surface area (Å²) in [5.74, 6) is -2.30. The maximum absolute atomic E-state index is 13.8. The SMILES string of the molecule is COc1cc(C(CC(=O)NCCn2cnc3ccccc3c2=O)c2c(O)cc3c(c2O)C(=O)OC(C)CCCC(=O)CCCC=C3)cc(OC)c1OC. The largest absolute Gasteiger partial charge is 0.507 e. The average Bonchev–Trinajstić information content (AvgIpc) is 3.14. The lowest BCUT2D eigenvalue weighted by Crippen LogP contribution is -2.32. The lowest BCUT2D eigenvalue weighted by Gasteiger charge is -2.24. The second kappa shape index (κ2) is 17.6. The van der Waals surface area contributed by atoms with Gasteiger partial charge >= 0.3 is 5.97 Å². The molecule has 4 aromatic rings. The normalized spacial score (nSPS) is 15.9. The van der Waals surface area contributed by atoms with Crippen LogP contribution in [-0.2, 0) is 20.9 Å². The minimum Gasteiger partial charge on any atom is -0.507 e. The average molecular weight is 728 g/mol. The predicted molar refractivity (Wildman–Crippen MR) is 198 cm³/mol. The Balaban J connectivity index is 1.54. The van der Waals surface area contributed by atoms with Gasteiger partial charge in [0.15, 0.2) is 11.5 Å². The molecule has 13 nitrogen and oxygen atoms in total. The molecule has 2 heterocycles. The van der Waals surface area contributed by atoms with Crippen LogP contribution in [0.2, 0.25) is 0 Å². The van der Waals surface area contributed by atoms with Gasteiger partial charge in [0.05, 0.1) is 44.7 Å². The Morgan fingerprint density at radius 1 is 1.02 bits per heavy atom. The summed E-state index contributed by atoms with van der Waals surface area (Å²) < 4.78 is 23.8. The van der Waals surface area contributed by atoms with Crippen LogP contribution in [0, 0.1) is 0 Å². The smallest absolute Gasteiger partial charge is 0.342 e. The number of hydrogen-bond acceptors (Lipinski definition) is 11. The number of esters is 1. The third-order valence-corrected chi connectivity index (χ3v) is 9.29. The van der Waals surface area contributed by atoms with E-state index in [9.17, 15) is 29.4 Å². The fourth-order valence-electron chi connectivity index (χ4n) is 6.55. The number of ether oxygens (including phenoxy) is 4. The van der Waals surface area contributed by atoms with Crippen molar-refractivity contribution in [2.45, 2.75) is 70.4 Å². The van der Waals surface area contributed by atoms with E-state index in [1.807, 2.05) is 0 Å². The van der Waals surface area contributed by atoms with E-state index in [4.69, 9.17) is 18.9 Å². The van der Waals surface area contributed by atoms with Crippen LogP contribution in [0.4, 0.5) is 0 Å². The molecule has 13 heteroatoms. The second-order valence-electron chi connectivity index (χ2n) is 12.9. The molecule has 5 rings (SSSR count). The fourth-order valence-corrected chi connectivity index (χ4v) is 6.55. The topological polar surface area (TPSA) is 176 Å². The number of aromatic hydroxyl groups is 2. The summed E-state index contributed by atoms with van der Waals surface area (Å²) in [6, 6.07) is 11.5. The number of phenolic OH excluding ortho intramolecular Hbond substituents is 2. The highest BCUT2D eigenvalue weighted by molar-refractivity contribution is 5.98. The van der Waals surface area contributed by atoms with E-state index in [2.05, 4.69) is 10.3 Å². The van der Waals surface area contributed by atoms with Crippen LogP contribution < -0.4 is 25.1 Å². The number of nitrogens with one attached hydrogen (secondary N) is 1. The van der Waals surface area contributed by atoms with Crippen LogP contribution in [-0.4, -0.2) is 71.4 Å². The third-order valence-electron chi connectivity index (χ3n) is 9.29. The van der Waals surface area contributed by atoms with E-state index < -0.39 is 29.6 Å². The maximum Gasteiger partial charge on any atom is 0.342 e. The predicted octanol–water partition coefficient (Wildman–Crippen LogP) is 5.65. The zero-order chi connectivity index (χ0) is 38.1. The van der Waals surface area contributed by atoms with Crippen molar-refractivity contribution in [2.75, 3.05) is 27.9 Å². The van der Waals surface area contributed by atoms with Gasteiger partial charge in [-0.3, -0.25) is 19.0 Å². The van der Waals surface area contributed by atoms with Gasteiger partial charge in [0.25, 0.3) is 5.56 Å². The molecule has 0 saturated heterocycles. The molecule has 0 radical (unpaired) electrons. The van der Waals surface area contributed by atoms with E-state index in [0.29, 0.717) is 60.7 Å².